The molecule has 0 amide bonds. The number of nitrogens with two attached hydrogens (primary N) is 1. The van der Waals surface area contributed by atoms with E-state index in [-0.39, 0.29) is 11.4 Å². The van der Waals surface area contributed by atoms with Gasteiger partial charge in [-0.05, 0) is 37.6 Å². The number of benzene rings is 1. The molecule has 0 aliphatic rings. The second-order valence-electron chi connectivity index (χ2n) is 4.32. The average Bonchev–Trinajstić information content (AvgIpc) is 2.80. The van der Waals surface area contributed by atoms with Crippen molar-refractivity contribution in [1.29, 1.82) is 0 Å². The van der Waals surface area contributed by atoms with Gasteiger partial charge in [-0.3, -0.25) is 0 Å². The minimum Gasteiger partial charge on any atom is -0.320 e. The lowest BCUT2D eigenvalue weighted by molar-refractivity contribution is 0.474. The van der Waals surface area contributed by atoms with E-state index in [1.807, 2.05) is 19.2 Å². The fraction of sp³-hybridized carbons (Fsp3) is 0.308. The Morgan fingerprint density at radius 3 is 2.59 bits per heavy atom. The van der Waals surface area contributed by atoms with Crippen LogP contribution in [0.1, 0.15) is 25.3 Å². The second-order valence-corrected chi connectivity index (χ2v) is 5.17. The summed E-state index contributed by atoms with van der Waals surface area (Å²) in [6.07, 6.45) is 0.837. The topological polar surface area (TPSA) is 38.9 Å². The van der Waals surface area contributed by atoms with Crippen LogP contribution in [-0.2, 0) is 5.54 Å². The summed E-state index contributed by atoms with van der Waals surface area (Å²) in [5.74, 6) is -0.235. The fourth-order valence-corrected chi connectivity index (χ4v) is 2.42. The molecule has 2 N–H and O–H groups in total. The van der Waals surface area contributed by atoms with Gasteiger partial charge in [0.1, 0.15) is 10.8 Å². The van der Waals surface area contributed by atoms with E-state index < -0.39 is 0 Å². The van der Waals surface area contributed by atoms with Gasteiger partial charge in [0.15, 0.2) is 0 Å². The number of aromatic nitrogens is 1. The van der Waals surface area contributed by atoms with Crippen LogP contribution in [0.25, 0.3) is 11.3 Å². The van der Waals surface area contributed by atoms with Crippen molar-refractivity contribution in [3.8, 4) is 11.3 Å². The molecule has 2 nitrogen and oxygen atoms in total. The zero-order chi connectivity index (χ0) is 12.5. The lowest BCUT2D eigenvalue weighted by Crippen LogP contribution is -2.31. The van der Waals surface area contributed by atoms with E-state index in [0.717, 1.165) is 22.7 Å². The minimum atomic E-state index is -0.386. The highest BCUT2D eigenvalue weighted by atomic mass is 32.1. The van der Waals surface area contributed by atoms with Crippen LogP contribution in [0, 0.1) is 5.82 Å². The van der Waals surface area contributed by atoms with E-state index >= 15 is 0 Å². The summed E-state index contributed by atoms with van der Waals surface area (Å²) in [5.41, 5.74) is 7.53. The molecule has 0 saturated carbocycles. The highest BCUT2D eigenvalue weighted by Crippen LogP contribution is 2.29. The van der Waals surface area contributed by atoms with Crippen LogP contribution in [0.4, 0.5) is 4.39 Å². The van der Waals surface area contributed by atoms with Crippen molar-refractivity contribution in [1.82, 2.24) is 4.98 Å². The third-order valence-corrected chi connectivity index (χ3v) is 3.99. The minimum absolute atomic E-state index is 0.235. The first kappa shape index (κ1) is 12.2. The molecule has 1 unspecified atom stereocenters. The van der Waals surface area contributed by atoms with Crippen LogP contribution in [0.15, 0.2) is 29.6 Å². The highest BCUT2D eigenvalue weighted by molar-refractivity contribution is 7.10. The number of hydrogen-bond acceptors (Lipinski definition) is 3. The number of halogens is 1. The Kier molecular flexibility index (Phi) is 3.26. The second kappa shape index (κ2) is 4.55. The molecule has 0 bridgehead atoms. The Balaban J connectivity index is 2.33. The Hall–Kier alpha value is -1.26. The highest BCUT2D eigenvalue weighted by Gasteiger charge is 2.22. The van der Waals surface area contributed by atoms with Crippen molar-refractivity contribution < 1.29 is 4.39 Å². The molecule has 90 valence electrons. The molecule has 0 radical (unpaired) electrons. The van der Waals surface area contributed by atoms with Crippen molar-refractivity contribution >= 4 is 11.3 Å². The molecule has 0 aliphatic heterocycles. The molecule has 0 fully saturated rings. The maximum absolute atomic E-state index is 12.8. The van der Waals surface area contributed by atoms with Gasteiger partial charge in [-0.1, -0.05) is 6.92 Å². The third kappa shape index (κ3) is 2.53. The summed E-state index contributed by atoms with van der Waals surface area (Å²) in [4.78, 5) is 4.52. The van der Waals surface area contributed by atoms with Crippen molar-refractivity contribution in [2.24, 2.45) is 5.73 Å². The average molecular weight is 250 g/mol. The first-order valence-electron chi connectivity index (χ1n) is 5.54. The van der Waals surface area contributed by atoms with Crippen LogP contribution < -0.4 is 5.73 Å². The first-order chi connectivity index (χ1) is 8.03. The van der Waals surface area contributed by atoms with E-state index in [1.54, 1.807) is 23.5 Å². The predicted octanol–water partition coefficient (Wildman–Crippen LogP) is 3.53. The maximum Gasteiger partial charge on any atom is 0.123 e. The lowest BCUT2D eigenvalue weighted by atomic mass is 10.0. The number of thiazole rings is 1. The number of nitrogens with zero attached hydrogens (tertiary/aromatic N) is 1. The van der Waals surface area contributed by atoms with Gasteiger partial charge in [0.2, 0.25) is 0 Å². The number of hydrogen-bond donors (Lipinski definition) is 1. The lowest BCUT2D eigenvalue weighted by Gasteiger charge is -2.18. The van der Waals surface area contributed by atoms with Gasteiger partial charge in [0.05, 0.1) is 11.2 Å². The normalized spacial score (nSPS) is 14.6. The molecule has 17 heavy (non-hydrogen) atoms. The standard InChI is InChI=1S/C13H15FN2S/c1-3-13(2,15)12-16-11(8-17-12)9-4-6-10(14)7-5-9/h4-8H,3,15H2,1-2H3. The molecule has 0 saturated heterocycles. The van der Waals surface area contributed by atoms with Crippen LogP contribution in [0.2, 0.25) is 0 Å². The van der Waals surface area contributed by atoms with Crippen LogP contribution >= 0.6 is 11.3 Å². The van der Waals surface area contributed by atoms with Crippen molar-refractivity contribution in [2.75, 3.05) is 0 Å². The smallest absolute Gasteiger partial charge is 0.123 e. The number of rotatable bonds is 3. The Labute approximate surface area is 104 Å². The van der Waals surface area contributed by atoms with Gasteiger partial charge in [-0.15, -0.1) is 11.3 Å². The Bertz CT molecular complexity index is 502. The van der Waals surface area contributed by atoms with Gasteiger partial charge in [-0.25, -0.2) is 9.37 Å². The van der Waals surface area contributed by atoms with Gasteiger partial charge in [0, 0.05) is 10.9 Å². The van der Waals surface area contributed by atoms with Gasteiger partial charge < -0.3 is 5.73 Å². The first-order valence-corrected chi connectivity index (χ1v) is 6.42. The molecule has 1 aromatic heterocycles. The van der Waals surface area contributed by atoms with Crippen LogP contribution in [0.3, 0.4) is 0 Å². The van der Waals surface area contributed by atoms with Crippen molar-refractivity contribution in [2.45, 2.75) is 25.8 Å². The molecule has 1 aromatic carbocycles. The molecular weight excluding hydrogens is 235 g/mol. The van der Waals surface area contributed by atoms with Gasteiger partial charge in [0.25, 0.3) is 0 Å². The van der Waals surface area contributed by atoms with Crippen molar-refractivity contribution in [3.63, 3.8) is 0 Å². The Morgan fingerprint density at radius 2 is 2.00 bits per heavy atom. The molecule has 2 aromatic rings. The van der Waals surface area contributed by atoms with E-state index in [9.17, 15) is 4.39 Å². The maximum atomic E-state index is 12.8. The van der Waals surface area contributed by atoms with Crippen LogP contribution in [0.5, 0.6) is 0 Å². The third-order valence-electron chi connectivity index (χ3n) is 2.87. The van der Waals surface area contributed by atoms with Gasteiger partial charge >= 0.3 is 0 Å². The van der Waals surface area contributed by atoms with Gasteiger partial charge in [-0.2, -0.15) is 0 Å². The molecule has 0 spiro atoms. The van der Waals surface area contributed by atoms with E-state index in [0.29, 0.717) is 0 Å². The quantitative estimate of drug-likeness (QED) is 0.905. The fourth-order valence-electron chi connectivity index (χ4n) is 1.44. The molecule has 0 aliphatic carbocycles. The molecule has 1 heterocycles. The Morgan fingerprint density at radius 1 is 1.35 bits per heavy atom. The largest absolute Gasteiger partial charge is 0.320 e. The molecule has 1 atom stereocenters. The molecular formula is C13H15FN2S. The van der Waals surface area contributed by atoms with Crippen LogP contribution in [-0.4, -0.2) is 4.98 Å². The predicted molar refractivity (Wildman–Crippen MR) is 69.3 cm³/mol. The van der Waals surface area contributed by atoms with Crippen molar-refractivity contribution in [3.05, 3.63) is 40.5 Å². The van der Waals surface area contributed by atoms with E-state index in [2.05, 4.69) is 4.98 Å². The summed E-state index contributed by atoms with van der Waals surface area (Å²) >= 11 is 1.55. The van der Waals surface area contributed by atoms with E-state index in [4.69, 9.17) is 5.73 Å². The van der Waals surface area contributed by atoms with E-state index in [1.165, 1.54) is 12.1 Å². The summed E-state index contributed by atoms with van der Waals surface area (Å²) < 4.78 is 12.8. The summed E-state index contributed by atoms with van der Waals surface area (Å²) in [6, 6.07) is 6.34. The summed E-state index contributed by atoms with van der Waals surface area (Å²) in [5, 5.41) is 2.88. The monoisotopic (exact) mass is 250 g/mol. The SMILES string of the molecule is CCC(C)(N)c1nc(-c2ccc(F)cc2)cs1. The summed E-state index contributed by atoms with van der Waals surface area (Å²) in [7, 11) is 0. The molecule has 2 rings (SSSR count). The zero-order valence-corrected chi connectivity index (χ0v) is 10.7. The zero-order valence-electron chi connectivity index (χ0n) is 9.90. The summed E-state index contributed by atoms with van der Waals surface area (Å²) in [6.45, 7) is 4.01. The molecule has 4 heteroatoms.